The Kier molecular flexibility index (Phi) is 6.04. The maximum Gasteiger partial charge on any atom is 0.419 e. The molecule has 5 nitrogen and oxygen atoms in total. The normalized spacial score (nSPS) is 11.0. The Bertz CT molecular complexity index is 865. The van der Waals surface area contributed by atoms with Crippen LogP contribution in [0.5, 0.6) is 5.75 Å². The van der Waals surface area contributed by atoms with Crippen molar-refractivity contribution in [1.29, 1.82) is 0 Å². The summed E-state index contributed by atoms with van der Waals surface area (Å²) in [5.41, 5.74) is -0.986. The summed E-state index contributed by atoms with van der Waals surface area (Å²) in [5.74, 6) is -2.51. The first kappa shape index (κ1) is 20.2. The Labute approximate surface area is 151 Å². The highest BCUT2D eigenvalue weighted by atomic mass is 19.4. The van der Waals surface area contributed by atoms with Crippen molar-refractivity contribution in [3.8, 4) is 5.75 Å². The Morgan fingerprint density at radius 1 is 1.11 bits per heavy atom. The summed E-state index contributed by atoms with van der Waals surface area (Å²) in [5, 5.41) is 2.45. The van der Waals surface area contributed by atoms with Crippen molar-refractivity contribution in [2.24, 2.45) is 0 Å². The molecule has 0 aliphatic rings. The summed E-state index contributed by atoms with van der Waals surface area (Å²) >= 11 is 0. The number of nitrogens with one attached hydrogen (secondary N) is 1. The van der Waals surface area contributed by atoms with Crippen LogP contribution in [0, 0.1) is 12.7 Å². The molecule has 0 saturated heterocycles. The van der Waals surface area contributed by atoms with E-state index in [4.69, 9.17) is 4.74 Å². The van der Waals surface area contributed by atoms with Crippen molar-refractivity contribution in [3.05, 3.63) is 58.9 Å². The van der Waals surface area contributed by atoms with Crippen LogP contribution in [-0.4, -0.2) is 25.6 Å². The van der Waals surface area contributed by atoms with E-state index in [1.54, 1.807) is 6.92 Å². The summed E-state index contributed by atoms with van der Waals surface area (Å²) in [7, 11) is 1.22. The zero-order chi connectivity index (χ0) is 20.2. The topological polar surface area (TPSA) is 64.6 Å². The highest BCUT2D eigenvalue weighted by molar-refractivity contribution is 6.04. The average Bonchev–Trinajstić information content (AvgIpc) is 2.60. The Morgan fingerprint density at radius 3 is 2.41 bits per heavy atom. The van der Waals surface area contributed by atoms with E-state index in [0.29, 0.717) is 29.1 Å². The van der Waals surface area contributed by atoms with Gasteiger partial charge in [0, 0.05) is 11.3 Å². The largest absolute Gasteiger partial charge is 0.482 e. The molecule has 0 fully saturated rings. The lowest BCUT2D eigenvalue weighted by atomic mass is 10.1. The zero-order valence-corrected chi connectivity index (χ0v) is 14.3. The number of amides is 1. The number of benzene rings is 2. The molecule has 144 valence electrons. The van der Waals surface area contributed by atoms with Gasteiger partial charge in [0.2, 0.25) is 0 Å². The Balaban J connectivity index is 2.15. The second-order valence-corrected chi connectivity index (χ2v) is 5.49. The van der Waals surface area contributed by atoms with Gasteiger partial charge >= 0.3 is 12.1 Å². The van der Waals surface area contributed by atoms with Gasteiger partial charge in [-0.3, -0.25) is 4.79 Å². The molecule has 0 radical (unpaired) electrons. The molecule has 2 aromatic rings. The van der Waals surface area contributed by atoms with E-state index in [-0.39, 0.29) is 12.2 Å². The number of carbonyl (C=O) groups is 2. The number of anilines is 1. The molecule has 0 unspecified atom stereocenters. The fourth-order valence-corrected chi connectivity index (χ4v) is 2.15. The molecular weight excluding hydrogens is 370 g/mol. The maximum atomic E-state index is 13.3. The van der Waals surface area contributed by atoms with Gasteiger partial charge in [-0.25, -0.2) is 9.18 Å². The molecule has 0 aliphatic heterocycles. The van der Waals surface area contributed by atoms with Gasteiger partial charge in [0.25, 0.3) is 5.91 Å². The van der Waals surface area contributed by atoms with Crippen LogP contribution in [0.15, 0.2) is 36.4 Å². The predicted octanol–water partition coefficient (Wildman–Crippen LogP) is 3.96. The quantitative estimate of drug-likeness (QED) is 0.625. The number of hydrogen-bond acceptors (Lipinski definition) is 4. The zero-order valence-electron chi connectivity index (χ0n) is 14.3. The number of methoxy groups -OCH3 is 1. The van der Waals surface area contributed by atoms with Crippen LogP contribution in [0.3, 0.4) is 0 Å². The molecule has 0 bridgehead atoms. The summed E-state index contributed by atoms with van der Waals surface area (Å²) in [6.07, 6.45) is -4.91. The van der Waals surface area contributed by atoms with Crippen molar-refractivity contribution >= 4 is 17.6 Å². The molecular formula is C18H15F4NO4. The predicted molar refractivity (Wildman–Crippen MR) is 88.0 cm³/mol. The lowest BCUT2D eigenvalue weighted by Crippen LogP contribution is -2.16. The third-order valence-corrected chi connectivity index (χ3v) is 3.56. The summed E-state index contributed by atoms with van der Waals surface area (Å²) < 4.78 is 61.3. The van der Waals surface area contributed by atoms with Crippen LogP contribution < -0.4 is 10.1 Å². The van der Waals surface area contributed by atoms with Crippen LogP contribution in [0.4, 0.5) is 23.2 Å². The van der Waals surface area contributed by atoms with Crippen molar-refractivity contribution < 1.29 is 36.6 Å². The molecule has 0 aliphatic carbocycles. The first-order valence-corrected chi connectivity index (χ1v) is 7.60. The van der Waals surface area contributed by atoms with Crippen LogP contribution >= 0.6 is 0 Å². The summed E-state index contributed by atoms with van der Waals surface area (Å²) in [4.78, 5) is 23.3. The van der Waals surface area contributed by atoms with Gasteiger partial charge in [0.05, 0.1) is 12.7 Å². The number of halogens is 4. The van der Waals surface area contributed by atoms with E-state index in [1.165, 1.54) is 25.3 Å². The summed E-state index contributed by atoms with van der Waals surface area (Å²) in [6.45, 7) is 1.34. The molecule has 0 saturated carbocycles. The number of alkyl halides is 3. The average molecular weight is 385 g/mol. The number of esters is 1. The lowest BCUT2D eigenvalue weighted by Gasteiger charge is -2.12. The number of carbonyl (C=O) groups excluding carboxylic acids is 2. The molecule has 2 aromatic carbocycles. The third-order valence-electron chi connectivity index (χ3n) is 3.56. The second kappa shape index (κ2) is 8.07. The minimum absolute atomic E-state index is 0.294. The van der Waals surface area contributed by atoms with Crippen LogP contribution in [0.1, 0.15) is 21.5 Å². The lowest BCUT2D eigenvalue weighted by molar-refractivity contribution is -0.143. The Morgan fingerprint density at radius 2 is 1.81 bits per heavy atom. The number of rotatable bonds is 5. The standard InChI is InChI=1S/C18H15F4NO4/c1-10-7-12(27-9-16(24)26-2)4-6-15(10)23-17(25)11-3-5-14(19)13(8-11)18(20,21)22/h3-8H,9H2,1-2H3,(H,23,25). The van der Waals surface area contributed by atoms with Crippen molar-refractivity contribution in [3.63, 3.8) is 0 Å². The molecule has 2 rings (SSSR count). The maximum absolute atomic E-state index is 13.3. The molecule has 1 N–H and O–H groups in total. The van der Waals surface area contributed by atoms with E-state index in [9.17, 15) is 27.2 Å². The molecule has 9 heteroatoms. The SMILES string of the molecule is COC(=O)COc1ccc(NC(=O)c2ccc(F)c(C(F)(F)F)c2)c(C)c1. The van der Waals surface area contributed by atoms with Crippen LogP contribution in [0.2, 0.25) is 0 Å². The van der Waals surface area contributed by atoms with Crippen molar-refractivity contribution in [2.75, 3.05) is 19.0 Å². The molecule has 1 amide bonds. The van der Waals surface area contributed by atoms with E-state index < -0.39 is 29.4 Å². The van der Waals surface area contributed by atoms with Crippen LogP contribution in [0.25, 0.3) is 0 Å². The van der Waals surface area contributed by atoms with Gasteiger partial charge in [0.1, 0.15) is 11.6 Å². The second-order valence-electron chi connectivity index (χ2n) is 5.49. The number of ether oxygens (including phenoxy) is 2. The van der Waals surface area contributed by atoms with E-state index in [2.05, 4.69) is 10.1 Å². The first-order chi connectivity index (χ1) is 12.6. The van der Waals surface area contributed by atoms with Crippen LogP contribution in [-0.2, 0) is 15.7 Å². The first-order valence-electron chi connectivity index (χ1n) is 7.60. The van der Waals surface area contributed by atoms with Gasteiger partial charge in [0.15, 0.2) is 6.61 Å². The van der Waals surface area contributed by atoms with E-state index in [1.807, 2.05) is 0 Å². The van der Waals surface area contributed by atoms with Gasteiger partial charge in [-0.2, -0.15) is 13.2 Å². The van der Waals surface area contributed by atoms with E-state index in [0.717, 1.165) is 6.07 Å². The minimum Gasteiger partial charge on any atom is -0.482 e. The molecule has 0 atom stereocenters. The Hall–Kier alpha value is -3.10. The summed E-state index contributed by atoms with van der Waals surface area (Å²) in [6, 6.07) is 6.47. The smallest absolute Gasteiger partial charge is 0.419 e. The molecule has 0 spiro atoms. The highest BCUT2D eigenvalue weighted by Gasteiger charge is 2.34. The molecule has 0 heterocycles. The van der Waals surface area contributed by atoms with E-state index >= 15 is 0 Å². The van der Waals surface area contributed by atoms with Gasteiger partial charge in [-0.05, 0) is 48.9 Å². The van der Waals surface area contributed by atoms with Gasteiger partial charge < -0.3 is 14.8 Å². The minimum atomic E-state index is -4.91. The third kappa shape index (κ3) is 5.19. The van der Waals surface area contributed by atoms with Gasteiger partial charge in [-0.15, -0.1) is 0 Å². The fraction of sp³-hybridized carbons (Fsp3) is 0.222. The molecule has 27 heavy (non-hydrogen) atoms. The number of aryl methyl sites for hydroxylation is 1. The number of hydrogen-bond donors (Lipinski definition) is 1. The molecule has 0 aromatic heterocycles. The fourth-order valence-electron chi connectivity index (χ4n) is 2.15. The van der Waals surface area contributed by atoms with Crippen molar-refractivity contribution in [2.45, 2.75) is 13.1 Å². The van der Waals surface area contributed by atoms with Gasteiger partial charge in [-0.1, -0.05) is 0 Å². The highest BCUT2D eigenvalue weighted by Crippen LogP contribution is 2.32. The van der Waals surface area contributed by atoms with Crippen molar-refractivity contribution in [1.82, 2.24) is 0 Å². The monoisotopic (exact) mass is 385 g/mol.